The van der Waals surface area contributed by atoms with Gasteiger partial charge in [-0.25, -0.2) is 0 Å². The van der Waals surface area contributed by atoms with Gasteiger partial charge in [-0.2, -0.15) is 5.26 Å². The molecule has 2 atom stereocenters. The fraction of sp³-hybridized carbons (Fsp3) is 0.269. The van der Waals surface area contributed by atoms with E-state index in [0.29, 0.717) is 30.3 Å². The van der Waals surface area contributed by atoms with E-state index in [2.05, 4.69) is 23.5 Å². The van der Waals surface area contributed by atoms with E-state index < -0.39 is 5.60 Å². The van der Waals surface area contributed by atoms with Crippen molar-refractivity contribution < 1.29 is 9.47 Å². The van der Waals surface area contributed by atoms with Crippen LogP contribution in [0.2, 0.25) is 5.02 Å². The third-order valence-corrected chi connectivity index (χ3v) is 5.98. The summed E-state index contributed by atoms with van der Waals surface area (Å²) in [5.41, 5.74) is 3.28. The van der Waals surface area contributed by atoms with Gasteiger partial charge >= 0.3 is 0 Å². The van der Waals surface area contributed by atoms with Crippen LogP contribution >= 0.6 is 11.6 Å². The predicted molar refractivity (Wildman–Crippen MR) is 122 cm³/mol. The maximum atomic E-state index is 9.01. The summed E-state index contributed by atoms with van der Waals surface area (Å²) in [6.45, 7) is 2.48. The fourth-order valence-electron chi connectivity index (χ4n) is 4.00. The molecule has 3 aromatic carbocycles. The number of nitriles is 1. The van der Waals surface area contributed by atoms with Gasteiger partial charge in [0.25, 0.3) is 0 Å². The second-order valence-corrected chi connectivity index (χ2v) is 8.17. The zero-order chi connectivity index (χ0) is 21.5. The summed E-state index contributed by atoms with van der Waals surface area (Å²) in [7, 11) is 0. The van der Waals surface area contributed by atoms with E-state index in [1.165, 1.54) is 0 Å². The molecule has 4 rings (SSSR count). The third-order valence-electron chi connectivity index (χ3n) is 5.73. The van der Waals surface area contributed by atoms with E-state index in [4.69, 9.17) is 26.3 Å². The van der Waals surface area contributed by atoms with Crippen LogP contribution in [0.1, 0.15) is 28.7 Å². The molecule has 0 unspecified atom stereocenters. The number of nitrogens with one attached hydrogen (secondary N) is 1. The van der Waals surface area contributed by atoms with Crippen molar-refractivity contribution in [2.75, 3.05) is 13.1 Å². The molecular weight excluding hydrogens is 408 g/mol. The highest BCUT2D eigenvalue weighted by atomic mass is 35.5. The van der Waals surface area contributed by atoms with E-state index in [0.717, 1.165) is 29.7 Å². The molecule has 5 heteroatoms. The Hall–Kier alpha value is -2.68. The van der Waals surface area contributed by atoms with Gasteiger partial charge in [0.05, 0.1) is 24.8 Å². The molecular formula is C26H25ClN2O2. The monoisotopic (exact) mass is 432 g/mol. The van der Waals surface area contributed by atoms with E-state index in [1.54, 1.807) is 0 Å². The van der Waals surface area contributed by atoms with Gasteiger partial charge in [-0.15, -0.1) is 0 Å². The molecule has 1 heterocycles. The normalized spacial score (nSPS) is 20.8. The molecule has 0 amide bonds. The van der Waals surface area contributed by atoms with Crippen molar-refractivity contribution in [2.45, 2.75) is 31.3 Å². The number of hydrogen-bond donors (Lipinski definition) is 1. The number of piperidine rings is 1. The van der Waals surface area contributed by atoms with Crippen LogP contribution in [-0.4, -0.2) is 19.2 Å². The summed E-state index contributed by atoms with van der Waals surface area (Å²) in [5.74, 6) is 0. The van der Waals surface area contributed by atoms with Gasteiger partial charge in [0.1, 0.15) is 11.7 Å². The molecule has 1 aliphatic heterocycles. The Labute approximate surface area is 188 Å². The third kappa shape index (κ3) is 5.15. The lowest BCUT2D eigenvalue weighted by Gasteiger charge is -2.44. The Morgan fingerprint density at radius 2 is 1.65 bits per heavy atom. The highest BCUT2D eigenvalue weighted by Crippen LogP contribution is 2.38. The summed E-state index contributed by atoms with van der Waals surface area (Å²) in [6, 6.07) is 27.7. The topological polar surface area (TPSA) is 54.3 Å². The van der Waals surface area contributed by atoms with Crippen LogP contribution in [0.5, 0.6) is 0 Å². The van der Waals surface area contributed by atoms with Crippen LogP contribution in [0.15, 0.2) is 78.9 Å². The van der Waals surface area contributed by atoms with Gasteiger partial charge in [-0.1, -0.05) is 66.2 Å². The lowest BCUT2D eigenvalue weighted by molar-refractivity contribution is -0.176. The Bertz CT molecular complexity index is 1020. The zero-order valence-corrected chi connectivity index (χ0v) is 18.0. The number of halogens is 1. The first-order valence-corrected chi connectivity index (χ1v) is 10.8. The van der Waals surface area contributed by atoms with Crippen LogP contribution in [0.25, 0.3) is 0 Å². The first-order chi connectivity index (χ1) is 15.2. The number of ether oxygens (including phenoxy) is 2. The average Bonchev–Trinajstić information content (AvgIpc) is 2.83. The molecule has 1 saturated heterocycles. The van der Waals surface area contributed by atoms with Crippen molar-refractivity contribution in [1.82, 2.24) is 5.32 Å². The molecule has 1 aliphatic rings. The molecule has 4 nitrogen and oxygen atoms in total. The molecule has 3 aromatic rings. The molecule has 1 fully saturated rings. The highest BCUT2D eigenvalue weighted by Gasteiger charge is 2.44. The maximum Gasteiger partial charge on any atom is 0.122 e. The van der Waals surface area contributed by atoms with Crippen molar-refractivity contribution in [1.29, 1.82) is 5.26 Å². The van der Waals surface area contributed by atoms with Crippen LogP contribution in [0.4, 0.5) is 0 Å². The molecule has 0 saturated carbocycles. The van der Waals surface area contributed by atoms with Crippen molar-refractivity contribution in [3.05, 3.63) is 106 Å². The van der Waals surface area contributed by atoms with Crippen molar-refractivity contribution in [2.24, 2.45) is 0 Å². The standard InChI is InChI=1S/C26H25ClN2O2/c27-24-12-10-23(11-13-24)26(31-19-21-4-2-1-3-5-21)14-15-29-17-25(26)30-18-22-8-6-20(16-28)7-9-22/h1-13,25,29H,14-15,17-19H2/t25-,26-/m0/s1. The molecule has 158 valence electrons. The average molecular weight is 433 g/mol. The van der Waals surface area contributed by atoms with Gasteiger partial charge in [0.2, 0.25) is 0 Å². The smallest absolute Gasteiger partial charge is 0.122 e. The van der Waals surface area contributed by atoms with Crippen LogP contribution in [0.3, 0.4) is 0 Å². The maximum absolute atomic E-state index is 9.01. The number of nitrogens with zero attached hydrogens (tertiary/aromatic N) is 1. The number of benzene rings is 3. The molecule has 0 bridgehead atoms. The van der Waals surface area contributed by atoms with Crippen LogP contribution in [-0.2, 0) is 28.3 Å². The number of rotatable bonds is 7. The Morgan fingerprint density at radius 3 is 2.35 bits per heavy atom. The first-order valence-electron chi connectivity index (χ1n) is 10.4. The van der Waals surface area contributed by atoms with E-state index in [-0.39, 0.29) is 6.10 Å². The quantitative estimate of drug-likeness (QED) is 0.557. The van der Waals surface area contributed by atoms with Crippen molar-refractivity contribution >= 4 is 11.6 Å². The molecule has 0 aromatic heterocycles. The van der Waals surface area contributed by atoms with Gasteiger partial charge in [-0.05, 0) is 53.9 Å². The van der Waals surface area contributed by atoms with E-state index in [1.807, 2.05) is 66.7 Å². The fourth-order valence-corrected chi connectivity index (χ4v) is 4.12. The van der Waals surface area contributed by atoms with E-state index >= 15 is 0 Å². The Kier molecular flexibility index (Phi) is 7.01. The lowest BCUT2D eigenvalue weighted by Crippen LogP contribution is -2.54. The Morgan fingerprint density at radius 1 is 0.935 bits per heavy atom. The van der Waals surface area contributed by atoms with Gasteiger partial charge in [-0.3, -0.25) is 0 Å². The molecule has 0 aliphatic carbocycles. The van der Waals surface area contributed by atoms with Gasteiger partial charge < -0.3 is 14.8 Å². The summed E-state index contributed by atoms with van der Waals surface area (Å²) in [6.07, 6.45) is 0.612. The van der Waals surface area contributed by atoms with Crippen LogP contribution in [0, 0.1) is 11.3 Å². The molecule has 0 radical (unpaired) electrons. The molecule has 1 N–H and O–H groups in total. The first kappa shape index (κ1) is 21.5. The van der Waals surface area contributed by atoms with Gasteiger partial charge in [0, 0.05) is 11.6 Å². The second-order valence-electron chi connectivity index (χ2n) is 7.73. The summed E-state index contributed by atoms with van der Waals surface area (Å²) in [4.78, 5) is 0. The molecule has 0 spiro atoms. The lowest BCUT2D eigenvalue weighted by atomic mass is 9.82. The van der Waals surface area contributed by atoms with Crippen molar-refractivity contribution in [3.8, 4) is 6.07 Å². The minimum Gasteiger partial charge on any atom is -0.369 e. The Balaban J connectivity index is 1.59. The SMILES string of the molecule is N#Cc1ccc(CO[C@H]2CNCC[C@]2(OCc2ccccc2)c2ccc(Cl)cc2)cc1. The minimum atomic E-state index is -0.585. The highest BCUT2D eigenvalue weighted by molar-refractivity contribution is 6.30. The van der Waals surface area contributed by atoms with E-state index in [9.17, 15) is 0 Å². The van der Waals surface area contributed by atoms with Crippen LogP contribution < -0.4 is 5.32 Å². The summed E-state index contributed by atoms with van der Waals surface area (Å²) in [5, 5.41) is 13.2. The minimum absolute atomic E-state index is 0.179. The zero-order valence-electron chi connectivity index (χ0n) is 17.3. The number of hydrogen-bond acceptors (Lipinski definition) is 4. The van der Waals surface area contributed by atoms with Crippen molar-refractivity contribution in [3.63, 3.8) is 0 Å². The largest absolute Gasteiger partial charge is 0.369 e. The summed E-state index contributed by atoms with van der Waals surface area (Å²) >= 11 is 6.16. The second kappa shape index (κ2) is 10.1. The van der Waals surface area contributed by atoms with Gasteiger partial charge in [0.15, 0.2) is 0 Å². The predicted octanol–water partition coefficient (Wildman–Crippen LogP) is 5.20. The summed E-state index contributed by atoms with van der Waals surface area (Å²) < 4.78 is 13.1. The molecule has 31 heavy (non-hydrogen) atoms.